The van der Waals surface area contributed by atoms with Gasteiger partial charge in [0.15, 0.2) is 0 Å². The van der Waals surface area contributed by atoms with E-state index < -0.39 is 0 Å². The number of benzene rings is 1. The van der Waals surface area contributed by atoms with Gasteiger partial charge in [0, 0.05) is 30.4 Å². The summed E-state index contributed by atoms with van der Waals surface area (Å²) in [6, 6.07) is 12.5. The van der Waals surface area contributed by atoms with Gasteiger partial charge in [-0.15, -0.1) is 0 Å². The predicted molar refractivity (Wildman–Crippen MR) is 107 cm³/mol. The average molecular weight is 383 g/mol. The van der Waals surface area contributed by atoms with E-state index in [2.05, 4.69) is 15.6 Å². The normalized spacial score (nSPS) is 15.2. The van der Waals surface area contributed by atoms with Crippen molar-refractivity contribution in [2.75, 3.05) is 39.4 Å². The minimum atomic E-state index is -0.314. The Balaban J connectivity index is 1.56. The van der Waals surface area contributed by atoms with Crippen molar-refractivity contribution >= 4 is 17.9 Å². The molecule has 2 amide bonds. The maximum atomic E-state index is 12.7. The van der Waals surface area contributed by atoms with Gasteiger partial charge in [-0.2, -0.15) is 0 Å². The Bertz CT molecular complexity index is 781. The summed E-state index contributed by atoms with van der Waals surface area (Å²) in [6.07, 6.45) is 4.29. The third kappa shape index (κ3) is 6.07. The van der Waals surface area contributed by atoms with Crippen molar-refractivity contribution in [1.29, 1.82) is 0 Å². The van der Waals surface area contributed by atoms with Crippen molar-refractivity contribution in [3.05, 3.63) is 65.6 Å². The molecule has 7 heteroatoms. The summed E-state index contributed by atoms with van der Waals surface area (Å²) in [4.78, 5) is 29.6. The molecule has 0 saturated carbocycles. The fraction of sp³-hybridized carbons (Fsp3) is 0.333. The molecule has 3 rings (SSSR count). The minimum absolute atomic E-state index is 0.218. The number of ether oxygens (including phenoxy) is 1. The predicted octanol–water partition coefficient (Wildman–Crippen LogP) is 0.207. The van der Waals surface area contributed by atoms with Gasteiger partial charge >= 0.3 is 0 Å². The molecule has 1 aliphatic heterocycles. The summed E-state index contributed by atoms with van der Waals surface area (Å²) in [5.41, 5.74) is 1.47. The van der Waals surface area contributed by atoms with Gasteiger partial charge in [-0.05, 0) is 30.3 Å². The summed E-state index contributed by atoms with van der Waals surface area (Å²) in [6.45, 7) is 5.19. The minimum Gasteiger partial charge on any atom is -0.370 e. The highest BCUT2D eigenvalue weighted by Gasteiger charge is 2.16. The quantitative estimate of drug-likeness (QED) is 0.388. The molecule has 0 atom stereocenters. The lowest BCUT2D eigenvalue weighted by molar-refractivity contribution is -0.908. The summed E-state index contributed by atoms with van der Waals surface area (Å²) in [7, 11) is 0. The highest BCUT2D eigenvalue weighted by molar-refractivity contribution is 6.05. The van der Waals surface area contributed by atoms with Crippen LogP contribution in [0.15, 0.2) is 54.4 Å². The monoisotopic (exact) mass is 383 g/mol. The first-order valence-corrected chi connectivity index (χ1v) is 9.63. The Kier molecular flexibility index (Phi) is 7.40. The van der Waals surface area contributed by atoms with Gasteiger partial charge in [0.2, 0.25) is 0 Å². The third-order valence-electron chi connectivity index (χ3n) is 4.64. The fourth-order valence-electron chi connectivity index (χ4n) is 3.08. The highest BCUT2D eigenvalue weighted by Crippen LogP contribution is 2.05. The molecular weight excluding hydrogens is 356 g/mol. The molecule has 1 fully saturated rings. The number of carbonyl (C=O) groups excluding carboxylic acids is 2. The molecule has 0 bridgehead atoms. The molecule has 1 aliphatic rings. The second-order valence-electron chi connectivity index (χ2n) is 6.73. The summed E-state index contributed by atoms with van der Waals surface area (Å²) in [5.74, 6) is -0.609. The van der Waals surface area contributed by atoms with Gasteiger partial charge in [0.1, 0.15) is 18.8 Å². The van der Waals surface area contributed by atoms with Gasteiger partial charge in [0.05, 0.1) is 19.8 Å². The number of aromatic amines is 1. The van der Waals surface area contributed by atoms with Crippen molar-refractivity contribution in [2.24, 2.45) is 0 Å². The number of amides is 2. The van der Waals surface area contributed by atoms with Crippen LogP contribution in [0, 0.1) is 0 Å². The van der Waals surface area contributed by atoms with Gasteiger partial charge in [-0.25, -0.2) is 0 Å². The van der Waals surface area contributed by atoms with E-state index in [1.165, 1.54) is 4.90 Å². The van der Waals surface area contributed by atoms with E-state index in [-0.39, 0.29) is 17.5 Å². The third-order valence-corrected chi connectivity index (χ3v) is 4.64. The van der Waals surface area contributed by atoms with Crippen molar-refractivity contribution in [3.63, 3.8) is 0 Å². The highest BCUT2D eigenvalue weighted by atomic mass is 16.5. The van der Waals surface area contributed by atoms with Crippen LogP contribution in [0.4, 0.5) is 0 Å². The lowest BCUT2D eigenvalue weighted by atomic mass is 10.2. The smallest absolute Gasteiger partial charge is 0.267 e. The zero-order valence-electron chi connectivity index (χ0n) is 15.9. The molecule has 2 heterocycles. The first-order valence-electron chi connectivity index (χ1n) is 9.63. The van der Waals surface area contributed by atoms with Crippen molar-refractivity contribution in [3.8, 4) is 0 Å². The van der Waals surface area contributed by atoms with Crippen LogP contribution in [0.3, 0.4) is 0 Å². The van der Waals surface area contributed by atoms with Crippen LogP contribution in [0.1, 0.15) is 22.5 Å². The number of hydrogen-bond acceptors (Lipinski definition) is 3. The van der Waals surface area contributed by atoms with E-state index in [4.69, 9.17) is 4.74 Å². The number of aromatic nitrogens is 1. The van der Waals surface area contributed by atoms with Gasteiger partial charge in [-0.1, -0.05) is 18.2 Å². The van der Waals surface area contributed by atoms with E-state index in [1.54, 1.807) is 36.5 Å². The van der Waals surface area contributed by atoms with Crippen LogP contribution in [0.2, 0.25) is 0 Å². The Morgan fingerprint density at radius 3 is 2.61 bits per heavy atom. The molecule has 4 N–H and O–H groups in total. The molecule has 2 aromatic rings. The largest absolute Gasteiger partial charge is 0.370 e. The molecule has 1 saturated heterocycles. The molecule has 148 valence electrons. The first kappa shape index (κ1) is 19.9. The zero-order valence-corrected chi connectivity index (χ0v) is 15.9. The standard InChI is InChI=1S/C21H26N4O3/c26-20(17-6-2-1-3-7-17)24-19(16-18-8-4-9-22-18)21(27)23-10-5-11-25-12-14-28-15-13-25/h1-4,6-9,16,22H,5,10-15H2,(H,23,27)(H,24,26)/p+1/b19-16-. The number of nitrogens with one attached hydrogen (secondary N) is 4. The van der Waals surface area contributed by atoms with Crippen LogP contribution in [0.5, 0.6) is 0 Å². The average Bonchev–Trinajstić information content (AvgIpc) is 3.25. The van der Waals surface area contributed by atoms with Crippen molar-refractivity contribution in [2.45, 2.75) is 6.42 Å². The van der Waals surface area contributed by atoms with E-state index >= 15 is 0 Å². The second-order valence-corrected chi connectivity index (χ2v) is 6.73. The maximum Gasteiger partial charge on any atom is 0.267 e. The Morgan fingerprint density at radius 2 is 1.89 bits per heavy atom. The first-order chi connectivity index (χ1) is 13.7. The molecule has 0 unspecified atom stereocenters. The van der Waals surface area contributed by atoms with Crippen molar-refractivity contribution < 1.29 is 19.2 Å². The summed E-state index contributed by atoms with van der Waals surface area (Å²) < 4.78 is 5.36. The molecular formula is C21H27N4O3+. The van der Waals surface area contributed by atoms with Gasteiger partial charge < -0.3 is 25.3 Å². The maximum absolute atomic E-state index is 12.7. The Labute approximate surface area is 164 Å². The van der Waals surface area contributed by atoms with E-state index in [1.807, 2.05) is 18.2 Å². The Morgan fingerprint density at radius 1 is 1.11 bits per heavy atom. The topological polar surface area (TPSA) is 87.7 Å². The number of quaternary nitrogens is 1. The summed E-state index contributed by atoms with van der Waals surface area (Å²) in [5, 5.41) is 5.64. The number of rotatable bonds is 8. The van der Waals surface area contributed by atoms with Crippen LogP contribution in [-0.2, 0) is 9.53 Å². The van der Waals surface area contributed by atoms with Crippen LogP contribution < -0.4 is 15.5 Å². The van der Waals surface area contributed by atoms with Crippen LogP contribution in [-0.4, -0.2) is 56.2 Å². The van der Waals surface area contributed by atoms with Gasteiger partial charge in [0.25, 0.3) is 11.8 Å². The van der Waals surface area contributed by atoms with E-state index in [9.17, 15) is 9.59 Å². The van der Waals surface area contributed by atoms with E-state index in [0.29, 0.717) is 12.1 Å². The van der Waals surface area contributed by atoms with E-state index in [0.717, 1.165) is 45.0 Å². The second kappa shape index (κ2) is 10.4. The fourth-order valence-corrected chi connectivity index (χ4v) is 3.08. The van der Waals surface area contributed by atoms with Gasteiger partial charge in [-0.3, -0.25) is 9.59 Å². The number of hydrogen-bond donors (Lipinski definition) is 4. The summed E-state index contributed by atoms with van der Waals surface area (Å²) >= 11 is 0. The lowest BCUT2D eigenvalue weighted by Crippen LogP contribution is -3.14. The molecule has 0 radical (unpaired) electrons. The number of H-pyrrole nitrogens is 1. The lowest BCUT2D eigenvalue weighted by Gasteiger charge is -2.23. The van der Waals surface area contributed by atoms with Crippen LogP contribution >= 0.6 is 0 Å². The molecule has 1 aromatic carbocycles. The molecule has 0 aliphatic carbocycles. The molecule has 28 heavy (non-hydrogen) atoms. The molecule has 1 aromatic heterocycles. The zero-order chi connectivity index (χ0) is 19.6. The SMILES string of the molecule is O=C(NCCC[NH+]1CCOCC1)/C(=C/c1ccc[nH]1)NC(=O)c1ccccc1. The number of morpholine rings is 1. The Hall–Kier alpha value is -2.90. The molecule has 7 nitrogen and oxygen atoms in total. The van der Waals surface area contributed by atoms with Crippen molar-refractivity contribution in [1.82, 2.24) is 15.6 Å². The van der Waals surface area contributed by atoms with Crippen LogP contribution in [0.25, 0.3) is 6.08 Å². The molecule has 0 spiro atoms. The number of carbonyl (C=O) groups is 2.